The van der Waals surface area contributed by atoms with Gasteiger partial charge in [-0.3, -0.25) is 0 Å². The van der Waals surface area contributed by atoms with Gasteiger partial charge in [-0.05, 0) is 54.6 Å². The van der Waals surface area contributed by atoms with Gasteiger partial charge in [-0.1, -0.05) is 79.7 Å². The van der Waals surface area contributed by atoms with Crippen molar-refractivity contribution in [3.05, 3.63) is 46.8 Å². The molecule has 2 aliphatic carbocycles. The van der Waals surface area contributed by atoms with E-state index in [-0.39, 0.29) is 0 Å². The molecule has 0 aromatic heterocycles. The average molecular weight is 411 g/mol. The molecule has 1 fully saturated rings. The molecule has 0 saturated carbocycles. The lowest BCUT2D eigenvalue weighted by Crippen LogP contribution is -2.41. The first-order valence-corrected chi connectivity index (χ1v) is 12.5. The maximum absolute atomic E-state index is 2.77. The minimum absolute atomic E-state index is 0.429. The van der Waals surface area contributed by atoms with Gasteiger partial charge >= 0.3 is 0 Å². The van der Waals surface area contributed by atoms with E-state index in [1.807, 2.05) is 0 Å². The molecular formula is C28H46N2. The SMILES string of the molecule is CC(C)C1=C(N2CCN(C3=C(C(C)C)C=CCC3C(C)C)C2C)C(C(C)C)CC=C1. The molecule has 0 aromatic rings. The number of hydrogen-bond acceptors (Lipinski definition) is 2. The van der Waals surface area contributed by atoms with Crippen LogP contribution >= 0.6 is 0 Å². The normalized spacial score (nSPS) is 27.8. The summed E-state index contributed by atoms with van der Waals surface area (Å²) in [6.07, 6.45) is 12.5. The summed E-state index contributed by atoms with van der Waals surface area (Å²) >= 11 is 0. The fourth-order valence-corrected chi connectivity index (χ4v) is 5.82. The lowest BCUT2D eigenvalue weighted by atomic mass is 9.80. The van der Waals surface area contributed by atoms with Crippen LogP contribution in [-0.4, -0.2) is 29.1 Å². The van der Waals surface area contributed by atoms with Crippen LogP contribution in [0.2, 0.25) is 0 Å². The molecule has 1 heterocycles. The Balaban J connectivity index is 2.02. The lowest BCUT2D eigenvalue weighted by molar-refractivity contribution is 0.166. The van der Waals surface area contributed by atoms with E-state index in [4.69, 9.17) is 0 Å². The molecular weight excluding hydrogens is 364 g/mol. The first-order chi connectivity index (χ1) is 14.1. The Morgan fingerprint density at radius 3 is 1.33 bits per heavy atom. The molecule has 0 spiro atoms. The zero-order valence-corrected chi connectivity index (χ0v) is 21.1. The van der Waals surface area contributed by atoms with Gasteiger partial charge < -0.3 is 9.80 Å². The highest BCUT2D eigenvalue weighted by molar-refractivity contribution is 5.36. The smallest absolute Gasteiger partial charge is 0.0983 e. The minimum Gasteiger partial charge on any atom is -0.353 e. The van der Waals surface area contributed by atoms with Crippen LogP contribution in [0.4, 0.5) is 0 Å². The number of allylic oxidation sites excluding steroid dienone is 8. The van der Waals surface area contributed by atoms with Crippen molar-refractivity contribution in [2.24, 2.45) is 35.5 Å². The van der Waals surface area contributed by atoms with Gasteiger partial charge in [-0.15, -0.1) is 0 Å². The molecule has 0 aromatic carbocycles. The molecule has 0 amide bonds. The zero-order chi connectivity index (χ0) is 22.2. The van der Waals surface area contributed by atoms with Crippen LogP contribution in [0.15, 0.2) is 46.8 Å². The van der Waals surface area contributed by atoms with E-state index < -0.39 is 0 Å². The van der Waals surface area contributed by atoms with Gasteiger partial charge in [-0.2, -0.15) is 0 Å². The Bertz CT molecular complexity index is 670. The van der Waals surface area contributed by atoms with Gasteiger partial charge in [0, 0.05) is 36.3 Å². The van der Waals surface area contributed by atoms with Crippen LogP contribution in [-0.2, 0) is 0 Å². The highest BCUT2D eigenvalue weighted by Crippen LogP contribution is 2.43. The lowest BCUT2D eigenvalue weighted by Gasteiger charge is -2.42. The van der Waals surface area contributed by atoms with E-state index in [0.29, 0.717) is 41.7 Å². The van der Waals surface area contributed by atoms with Crippen molar-refractivity contribution >= 4 is 0 Å². The van der Waals surface area contributed by atoms with Crippen molar-refractivity contribution in [3.63, 3.8) is 0 Å². The third kappa shape index (κ3) is 4.30. The van der Waals surface area contributed by atoms with E-state index in [9.17, 15) is 0 Å². The second kappa shape index (κ2) is 9.37. The molecule has 2 unspecified atom stereocenters. The van der Waals surface area contributed by atoms with E-state index in [1.165, 1.54) is 12.8 Å². The highest BCUT2D eigenvalue weighted by atomic mass is 15.4. The quantitative estimate of drug-likeness (QED) is 0.455. The average Bonchev–Trinajstić information content (AvgIpc) is 3.07. The predicted octanol–water partition coefficient (Wildman–Crippen LogP) is 7.23. The molecule has 168 valence electrons. The number of rotatable bonds is 6. The molecule has 2 atom stereocenters. The van der Waals surface area contributed by atoms with Crippen LogP contribution in [0.1, 0.15) is 75.2 Å². The molecule has 1 aliphatic heterocycles. The third-order valence-electron chi connectivity index (χ3n) is 7.63. The maximum Gasteiger partial charge on any atom is 0.0983 e. The van der Waals surface area contributed by atoms with Crippen LogP contribution in [0.5, 0.6) is 0 Å². The van der Waals surface area contributed by atoms with Crippen LogP contribution < -0.4 is 0 Å². The van der Waals surface area contributed by atoms with Gasteiger partial charge in [0.2, 0.25) is 0 Å². The van der Waals surface area contributed by atoms with E-state index in [0.717, 1.165) is 13.1 Å². The summed E-state index contributed by atoms with van der Waals surface area (Å²) in [4.78, 5) is 5.54. The van der Waals surface area contributed by atoms with Crippen molar-refractivity contribution in [2.75, 3.05) is 13.1 Å². The summed E-state index contributed by atoms with van der Waals surface area (Å²) in [6, 6.07) is 0. The molecule has 0 N–H and O–H groups in total. The highest BCUT2D eigenvalue weighted by Gasteiger charge is 2.39. The standard InChI is InChI=1S/C28H46N2/c1-18(2)23-12-10-13-24(19(3)4)27(23)29-16-17-30(22(29)9)28-25(20(5)6)14-11-15-26(28)21(7)8/h10-12,14,18-22,24,26H,13,15-17H2,1-9H3. The zero-order valence-electron chi connectivity index (χ0n) is 21.1. The van der Waals surface area contributed by atoms with Crippen LogP contribution in [0.25, 0.3) is 0 Å². The maximum atomic E-state index is 2.77. The topological polar surface area (TPSA) is 6.48 Å². The Kier molecular flexibility index (Phi) is 7.25. The van der Waals surface area contributed by atoms with Gasteiger partial charge in [-0.25, -0.2) is 0 Å². The summed E-state index contributed by atoms with van der Waals surface area (Å²) < 4.78 is 0. The Hall–Kier alpha value is -1.44. The Morgan fingerprint density at radius 2 is 1.03 bits per heavy atom. The van der Waals surface area contributed by atoms with Crippen molar-refractivity contribution in [3.8, 4) is 0 Å². The molecule has 3 rings (SSSR count). The summed E-state index contributed by atoms with van der Waals surface area (Å²) in [5, 5.41) is 0. The first kappa shape index (κ1) is 23.2. The fraction of sp³-hybridized carbons (Fsp3) is 0.714. The number of hydrogen-bond donors (Lipinski definition) is 0. The van der Waals surface area contributed by atoms with E-state index >= 15 is 0 Å². The molecule has 30 heavy (non-hydrogen) atoms. The second-order valence-corrected chi connectivity index (χ2v) is 11.0. The molecule has 2 heteroatoms. The molecule has 2 nitrogen and oxygen atoms in total. The predicted molar refractivity (Wildman–Crippen MR) is 131 cm³/mol. The van der Waals surface area contributed by atoms with Gasteiger partial charge in [0.25, 0.3) is 0 Å². The molecule has 0 bridgehead atoms. The second-order valence-electron chi connectivity index (χ2n) is 11.0. The minimum atomic E-state index is 0.429. The van der Waals surface area contributed by atoms with E-state index in [1.54, 1.807) is 22.5 Å². The van der Waals surface area contributed by atoms with Gasteiger partial charge in [0.1, 0.15) is 0 Å². The monoisotopic (exact) mass is 410 g/mol. The van der Waals surface area contributed by atoms with E-state index in [2.05, 4.69) is 96.4 Å². The molecule has 3 aliphatic rings. The summed E-state index contributed by atoms with van der Waals surface area (Å²) in [5.74, 6) is 3.77. The Labute approximate surface area is 186 Å². The van der Waals surface area contributed by atoms with Crippen molar-refractivity contribution in [2.45, 2.75) is 81.3 Å². The van der Waals surface area contributed by atoms with Crippen molar-refractivity contribution in [1.82, 2.24) is 9.80 Å². The van der Waals surface area contributed by atoms with Gasteiger partial charge in [0.15, 0.2) is 0 Å². The summed E-state index contributed by atoms with van der Waals surface area (Å²) in [7, 11) is 0. The fourth-order valence-electron chi connectivity index (χ4n) is 5.82. The molecule has 0 radical (unpaired) electrons. The van der Waals surface area contributed by atoms with Crippen molar-refractivity contribution in [1.29, 1.82) is 0 Å². The largest absolute Gasteiger partial charge is 0.353 e. The molecule has 1 saturated heterocycles. The first-order valence-electron chi connectivity index (χ1n) is 12.5. The number of nitrogens with zero attached hydrogens (tertiary/aromatic N) is 2. The third-order valence-corrected chi connectivity index (χ3v) is 7.63. The van der Waals surface area contributed by atoms with Crippen molar-refractivity contribution < 1.29 is 0 Å². The van der Waals surface area contributed by atoms with Crippen LogP contribution in [0, 0.1) is 35.5 Å². The Morgan fingerprint density at radius 1 is 0.667 bits per heavy atom. The van der Waals surface area contributed by atoms with Gasteiger partial charge in [0.05, 0.1) is 6.17 Å². The van der Waals surface area contributed by atoms with Crippen LogP contribution in [0.3, 0.4) is 0 Å². The summed E-state index contributed by atoms with van der Waals surface area (Å²) in [6.45, 7) is 23.8. The summed E-state index contributed by atoms with van der Waals surface area (Å²) in [5.41, 5.74) is 6.40.